The molecule has 1 heteroatoms. The molecule has 1 unspecified atom stereocenters. The van der Waals surface area contributed by atoms with E-state index in [1.807, 2.05) is 12.1 Å². The fourth-order valence-corrected chi connectivity index (χ4v) is 1.96. The summed E-state index contributed by atoms with van der Waals surface area (Å²) in [5, 5.41) is 3.47. The Bertz CT molecular complexity index is 499. The predicted octanol–water partition coefficient (Wildman–Crippen LogP) is 3.37. The first-order chi connectivity index (χ1) is 7.93. The van der Waals surface area contributed by atoms with Gasteiger partial charge in [0.05, 0.1) is 6.04 Å². The molecule has 0 aliphatic carbocycles. The van der Waals surface area contributed by atoms with Crippen LogP contribution in [0.15, 0.2) is 66.7 Å². The number of nitrogens with one attached hydrogen (secondary N) is 1. The van der Waals surface area contributed by atoms with Crippen LogP contribution in [0.2, 0.25) is 0 Å². The van der Waals surface area contributed by atoms with E-state index in [4.69, 9.17) is 0 Å². The molecule has 2 aromatic rings. The van der Waals surface area contributed by atoms with Gasteiger partial charge in [-0.1, -0.05) is 60.7 Å². The first kappa shape index (κ1) is 9.22. The van der Waals surface area contributed by atoms with Crippen molar-refractivity contribution in [3.8, 4) is 0 Å². The normalized spacial score (nSPS) is 18.2. The highest BCUT2D eigenvalue weighted by Gasteiger charge is 2.19. The minimum atomic E-state index is 0.372. The third-order valence-corrected chi connectivity index (χ3v) is 2.89. The zero-order valence-corrected chi connectivity index (χ0v) is 8.93. The van der Waals surface area contributed by atoms with E-state index in [9.17, 15) is 0 Å². The second-order valence-electron chi connectivity index (χ2n) is 3.98. The molecule has 0 aromatic heterocycles. The number of benzene rings is 2. The van der Waals surface area contributed by atoms with Gasteiger partial charge >= 0.3 is 0 Å². The molecular weight excluding hydrogens is 194 g/mol. The Morgan fingerprint density at radius 2 is 1.31 bits per heavy atom. The second-order valence-corrected chi connectivity index (χ2v) is 3.98. The molecule has 3 rings (SSSR count). The topological polar surface area (TPSA) is 12.0 Å². The summed E-state index contributed by atoms with van der Waals surface area (Å²) in [6.45, 7) is 0. The van der Waals surface area contributed by atoms with E-state index in [0.717, 1.165) is 0 Å². The van der Waals surface area contributed by atoms with Gasteiger partial charge in [0.25, 0.3) is 0 Å². The Morgan fingerprint density at radius 3 is 1.94 bits per heavy atom. The Labute approximate surface area is 95.4 Å². The van der Waals surface area contributed by atoms with Crippen LogP contribution in [0, 0.1) is 0 Å². The molecule has 2 aromatic carbocycles. The Kier molecular flexibility index (Phi) is 2.22. The minimum absolute atomic E-state index is 0.372. The van der Waals surface area contributed by atoms with Gasteiger partial charge in [0.1, 0.15) is 0 Å². The number of hydrogen-bond donors (Lipinski definition) is 1. The van der Waals surface area contributed by atoms with Crippen molar-refractivity contribution in [3.05, 3.63) is 77.9 Å². The van der Waals surface area contributed by atoms with Crippen molar-refractivity contribution in [2.24, 2.45) is 0 Å². The first-order valence-electron chi connectivity index (χ1n) is 5.52. The van der Waals surface area contributed by atoms with Crippen LogP contribution in [0.25, 0.3) is 5.70 Å². The number of hydrogen-bond acceptors (Lipinski definition) is 1. The van der Waals surface area contributed by atoms with Gasteiger partial charge in [0.15, 0.2) is 0 Å². The van der Waals surface area contributed by atoms with Crippen LogP contribution < -0.4 is 5.32 Å². The summed E-state index contributed by atoms with van der Waals surface area (Å²) < 4.78 is 0. The summed E-state index contributed by atoms with van der Waals surface area (Å²) in [6.07, 6.45) is 2.27. The quantitative estimate of drug-likeness (QED) is 0.796. The van der Waals surface area contributed by atoms with E-state index in [2.05, 4.69) is 59.9 Å². The van der Waals surface area contributed by atoms with Crippen LogP contribution in [0.1, 0.15) is 17.2 Å². The maximum atomic E-state index is 3.47. The molecule has 0 saturated heterocycles. The van der Waals surface area contributed by atoms with E-state index in [1.54, 1.807) is 0 Å². The molecule has 0 bridgehead atoms. The maximum absolute atomic E-state index is 3.47. The van der Waals surface area contributed by atoms with Crippen LogP contribution in [0.4, 0.5) is 0 Å². The Morgan fingerprint density at radius 1 is 0.750 bits per heavy atom. The average molecular weight is 207 g/mol. The van der Waals surface area contributed by atoms with Crippen molar-refractivity contribution in [1.82, 2.24) is 5.32 Å². The minimum Gasteiger partial charge on any atom is -0.374 e. The van der Waals surface area contributed by atoms with Crippen molar-refractivity contribution >= 4 is 5.70 Å². The van der Waals surface area contributed by atoms with Crippen molar-refractivity contribution in [2.45, 2.75) is 6.04 Å². The highest BCUT2D eigenvalue weighted by Crippen LogP contribution is 2.29. The molecule has 1 N–H and O–H groups in total. The van der Waals surface area contributed by atoms with E-state index in [-0.39, 0.29) is 0 Å². The molecule has 1 aliphatic rings. The van der Waals surface area contributed by atoms with Crippen LogP contribution in [-0.2, 0) is 0 Å². The van der Waals surface area contributed by atoms with Crippen LogP contribution >= 0.6 is 0 Å². The van der Waals surface area contributed by atoms with Gasteiger partial charge in [0, 0.05) is 5.70 Å². The lowest BCUT2D eigenvalue weighted by Crippen LogP contribution is -2.27. The van der Waals surface area contributed by atoms with Crippen molar-refractivity contribution in [2.75, 3.05) is 0 Å². The molecule has 1 heterocycles. The van der Waals surface area contributed by atoms with Gasteiger partial charge in [-0.2, -0.15) is 0 Å². The standard InChI is InChI=1S/C15H13N/c1-3-7-12(8-4-1)14-11-15(16-14)13-9-5-2-6-10-13/h1-11,14,16H. The molecule has 0 spiro atoms. The lowest BCUT2D eigenvalue weighted by Gasteiger charge is -2.29. The van der Waals surface area contributed by atoms with Crippen LogP contribution in [0.5, 0.6) is 0 Å². The van der Waals surface area contributed by atoms with Gasteiger partial charge in [-0.25, -0.2) is 0 Å². The molecule has 1 aliphatic heterocycles. The lowest BCUT2D eigenvalue weighted by atomic mass is 9.96. The average Bonchev–Trinajstić information content (AvgIpc) is 2.30. The van der Waals surface area contributed by atoms with Gasteiger partial charge in [-0.3, -0.25) is 0 Å². The second kappa shape index (κ2) is 3.86. The number of rotatable bonds is 2. The fourth-order valence-electron chi connectivity index (χ4n) is 1.96. The van der Waals surface area contributed by atoms with E-state index in [0.29, 0.717) is 6.04 Å². The fraction of sp³-hybridized carbons (Fsp3) is 0.0667. The SMILES string of the molecule is C1=C(c2ccccc2)NC1c1ccccc1. The first-order valence-corrected chi connectivity index (χ1v) is 5.52. The van der Waals surface area contributed by atoms with Crippen LogP contribution in [0.3, 0.4) is 0 Å². The van der Waals surface area contributed by atoms with Gasteiger partial charge in [-0.05, 0) is 17.2 Å². The zero-order chi connectivity index (χ0) is 10.8. The maximum Gasteiger partial charge on any atom is 0.0721 e. The summed E-state index contributed by atoms with van der Waals surface area (Å²) in [6, 6.07) is 21.3. The summed E-state index contributed by atoms with van der Waals surface area (Å²) in [4.78, 5) is 0. The summed E-state index contributed by atoms with van der Waals surface area (Å²) in [5.74, 6) is 0. The molecule has 16 heavy (non-hydrogen) atoms. The molecule has 1 atom stereocenters. The van der Waals surface area contributed by atoms with Gasteiger partial charge < -0.3 is 5.32 Å². The summed E-state index contributed by atoms with van der Waals surface area (Å²) in [5.41, 5.74) is 3.81. The molecule has 0 fully saturated rings. The molecule has 78 valence electrons. The summed E-state index contributed by atoms with van der Waals surface area (Å²) in [7, 11) is 0. The lowest BCUT2D eigenvalue weighted by molar-refractivity contribution is 0.711. The Balaban J connectivity index is 1.81. The molecule has 0 saturated carbocycles. The van der Waals surface area contributed by atoms with Crippen molar-refractivity contribution < 1.29 is 0 Å². The summed E-state index contributed by atoms with van der Waals surface area (Å²) >= 11 is 0. The van der Waals surface area contributed by atoms with Crippen molar-refractivity contribution in [3.63, 3.8) is 0 Å². The third-order valence-electron chi connectivity index (χ3n) is 2.89. The molecular formula is C15H13N. The van der Waals surface area contributed by atoms with Gasteiger partial charge in [-0.15, -0.1) is 0 Å². The van der Waals surface area contributed by atoms with Crippen molar-refractivity contribution in [1.29, 1.82) is 0 Å². The molecule has 0 amide bonds. The highest BCUT2D eigenvalue weighted by molar-refractivity contribution is 5.70. The zero-order valence-electron chi connectivity index (χ0n) is 8.93. The largest absolute Gasteiger partial charge is 0.374 e. The monoisotopic (exact) mass is 207 g/mol. The molecule has 0 radical (unpaired) electrons. The van der Waals surface area contributed by atoms with E-state index < -0.39 is 0 Å². The van der Waals surface area contributed by atoms with E-state index in [1.165, 1.54) is 16.8 Å². The van der Waals surface area contributed by atoms with E-state index >= 15 is 0 Å². The Hall–Kier alpha value is -2.02. The third kappa shape index (κ3) is 1.61. The molecule has 1 nitrogen and oxygen atoms in total. The highest BCUT2D eigenvalue weighted by atomic mass is 15.0. The van der Waals surface area contributed by atoms with Gasteiger partial charge in [0.2, 0.25) is 0 Å². The predicted molar refractivity (Wildman–Crippen MR) is 66.7 cm³/mol. The van der Waals surface area contributed by atoms with Crippen LogP contribution in [-0.4, -0.2) is 0 Å². The smallest absolute Gasteiger partial charge is 0.0721 e.